The number of likely N-dealkylation sites (tertiary alicyclic amines) is 1. The van der Waals surface area contributed by atoms with Gasteiger partial charge in [0.1, 0.15) is 5.78 Å². The Morgan fingerprint density at radius 2 is 1.81 bits per heavy atom. The Morgan fingerprint density at radius 1 is 1.10 bits per heavy atom. The lowest BCUT2D eigenvalue weighted by Crippen LogP contribution is -2.47. The molecule has 5 unspecified atom stereocenters. The lowest BCUT2D eigenvalue weighted by molar-refractivity contribution is -0.140. The number of amides is 1. The maximum atomic E-state index is 13.0. The Labute approximate surface area is 128 Å². The molecule has 2 fully saturated rings. The van der Waals surface area contributed by atoms with E-state index >= 15 is 0 Å². The van der Waals surface area contributed by atoms with Crippen LogP contribution < -0.4 is 0 Å². The predicted octanol–water partition coefficient (Wildman–Crippen LogP) is 2.80. The molecule has 4 nitrogen and oxygen atoms in total. The Hall–Kier alpha value is -0.900. The normalized spacial score (nSPS) is 37.3. The van der Waals surface area contributed by atoms with Crippen LogP contribution in [0.1, 0.15) is 59.8 Å². The van der Waals surface area contributed by atoms with E-state index in [-0.39, 0.29) is 41.8 Å². The first-order valence-electron chi connectivity index (χ1n) is 8.37. The highest BCUT2D eigenvalue weighted by atomic mass is 16.5. The van der Waals surface area contributed by atoms with Crippen LogP contribution >= 0.6 is 0 Å². The zero-order valence-corrected chi connectivity index (χ0v) is 13.8. The van der Waals surface area contributed by atoms with Crippen molar-refractivity contribution in [2.75, 3.05) is 6.54 Å². The SMILES string of the molecule is CC(=O)CC1CCCCCN1C(=O)C1C(C)OC(C)C1C. The van der Waals surface area contributed by atoms with Crippen LogP contribution in [0.15, 0.2) is 0 Å². The van der Waals surface area contributed by atoms with Gasteiger partial charge >= 0.3 is 0 Å². The fourth-order valence-corrected chi connectivity index (χ4v) is 3.90. The maximum absolute atomic E-state index is 13.0. The van der Waals surface area contributed by atoms with Crippen LogP contribution in [-0.2, 0) is 14.3 Å². The Bertz CT molecular complexity index is 395. The highest BCUT2D eigenvalue weighted by Gasteiger charge is 2.44. The van der Waals surface area contributed by atoms with Gasteiger partial charge in [0.2, 0.25) is 5.91 Å². The number of hydrogen-bond acceptors (Lipinski definition) is 3. The van der Waals surface area contributed by atoms with E-state index in [1.54, 1.807) is 6.92 Å². The molecule has 0 saturated carbocycles. The first-order chi connectivity index (χ1) is 9.91. The van der Waals surface area contributed by atoms with Crippen molar-refractivity contribution in [1.29, 1.82) is 0 Å². The molecule has 0 bridgehead atoms. The summed E-state index contributed by atoms with van der Waals surface area (Å²) >= 11 is 0. The number of carbonyl (C=O) groups excluding carboxylic acids is 2. The van der Waals surface area contributed by atoms with Crippen molar-refractivity contribution in [3.63, 3.8) is 0 Å². The number of nitrogens with zero attached hydrogens (tertiary/aromatic N) is 1. The van der Waals surface area contributed by atoms with Gasteiger partial charge in [0, 0.05) is 19.0 Å². The van der Waals surface area contributed by atoms with E-state index in [4.69, 9.17) is 4.74 Å². The lowest BCUT2D eigenvalue weighted by atomic mass is 9.87. The minimum absolute atomic E-state index is 0.0243. The molecule has 0 aromatic rings. The molecule has 21 heavy (non-hydrogen) atoms. The first-order valence-corrected chi connectivity index (χ1v) is 8.37. The van der Waals surface area contributed by atoms with E-state index in [0.29, 0.717) is 6.42 Å². The molecule has 0 aliphatic carbocycles. The first kappa shape index (κ1) is 16.5. The summed E-state index contributed by atoms with van der Waals surface area (Å²) in [7, 11) is 0. The Morgan fingerprint density at radius 3 is 2.38 bits per heavy atom. The molecule has 2 heterocycles. The average molecular weight is 295 g/mol. The summed E-state index contributed by atoms with van der Waals surface area (Å²) in [6, 6.07) is 0.0906. The maximum Gasteiger partial charge on any atom is 0.228 e. The average Bonchev–Trinajstić information content (AvgIpc) is 2.57. The molecule has 2 rings (SSSR count). The van der Waals surface area contributed by atoms with Crippen LogP contribution in [0.5, 0.6) is 0 Å². The van der Waals surface area contributed by atoms with Crippen LogP contribution in [0.4, 0.5) is 0 Å². The highest BCUT2D eigenvalue weighted by Crippen LogP contribution is 2.35. The van der Waals surface area contributed by atoms with E-state index in [2.05, 4.69) is 6.92 Å². The number of rotatable bonds is 3. The van der Waals surface area contributed by atoms with Crippen molar-refractivity contribution in [3.05, 3.63) is 0 Å². The summed E-state index contributed by atoms with van der Waals surface area (Å²) in [5.74, 6) is 0.561. The van der Waals surface area contributed by atoms with Crippen molar-refractivity contribution in [3.8, 4) is 0 Å². The van der Waals surface area contributed by atoms with Crippen molar-refractivity contribution >= 4 is 11.7 Å². The van der Waals surface area contributed by atoms with Gasteiger partial charge in [0.15, 0.2) is 0 Å². The summed E-state index contributed by atoms with van der Waals surface area (Å²) in [6.07, 6.45) is 4.88. The molecule has 2 saturated heterocycles. The summed E-state index contributed by atoms with van der Waals surface area (Å²) in [6.45, 7) is 8.57. The molecule has 1 amide bonds. The van der Waals surface area contributed by atoms with Gasteiger partial charge in [-0.25, -0.2) is 0 Å². The van der Waals surface area contributed by atoms with E-state index < -0.39 is 0 Å². The molecule has 120 valence electrons. The molecule has 5 atom stereocenters. The van der Waals surface area contributed by atoms with Crippen LogP contribution in [0.3, 0.4) is 0 Å². The number of ketones is 1. The third kappa shape index (κ3) is 3.65. The number of ether oxygens (including phenoxy) is 1. The summed E-state index contributed by atoms with van der Waals surface area (Å²) < 4.78 is 5.83. The smallest absolute Gasteiger partial charge is 0.228 e. The van der Waals surface area contributed by atoms with Crippen molar-refractivity contribution < 1.29 is 14.3 Å². The van der Waals surface area contributed by atoms with E-state index in [0.717, 1.165) is 32.2 Å². The van der Waals surface area contributed by atoms with Crippen molar-refractivity contribution in [2.45, 2.75) is 78.0 Å². The third-order valence-corrected chi connectivity index (χ3v) is 5.21. The topological polar surface area (TPSA) is 46.6 Å². The standard InChI is InChI=1S/C17H29NO3/c1-11(19)10-15-8-6-5-7-9-18(15)17(20)16-12(2)13(3)21-14(16)4/h12-16H,5-10H2,1-4H3. The zero-order valence-electron chi connectivity index (χ0n) is 13.8. The van der Waals surface area contributed by atoms with Gasteiger partial charge < -0.3 is 9.64 Å². The van der Waals surface area contributed by atoms with E-state index in [9.17, 15) is 9.59 Å². The molecule has 0 spiro atoms. The van der Waals surface area contributed by atoms with Crippen molar-refractivity contribution in [1.82, 2.24) is 4.90 Å². The summed E-state index contributed by atoms with van der Waals surface area (Å²) in [5.41, 5.74) is 0. The molecular weight excluding hydrogens is 266 g/mol. The highest BCUT2D eigenvalue weighted by molar-refractivity contribution is 5.82. The summed E-state index contributed by atoms with van der Waals surface area (Å²) in [4.78, 5) is 26.6. The minimum atomic E-state index is -0.0624. The predicted molar refractivity (Wildman–Crippen MR) is 81.9 cm³/mol. The number of Topliss-reactive ketones (excluding diaryl/α,β-unsaturated/α-hetero) is 1. The van der Waals surface area contributed by atoms with Crippen LogP contribution in [0.2, 0.25) is 0 Å². The fourth-order valence-electron chi connectivity index (χ4n) is 3.90. The van der Waals surface area contributed by atoms with Gasteiger partial charge in [-0.2, -0.15) is 0 Å². The number of carbonyl (C=O) groups is 2. The molecule has 0 aromatic heterocycles. The zero-order chi connectivity index (χ0) is 15.6. The van der Waals surface area contributed by atoms with Crippen LogP contribution in [0.25, 0.3) is 0 Å². The van der Waals surface area contributed by atoms with Gasteiger partial charge in [-0.3, -0.25) is 9.59 Å². The second-order valence-electron chi connectivity index (χ2n) is 6.87. The van der Waals surface area contributed by atoms with Crippen LogP contribution in [0, 0.1) is 11.8 Å². The molecular formula is C17H29NO3. The molecule has 0 aromatic carbocycles. The third-order valence-electron chi connectivity index (χ3n) is 5.21. The quantitative estimate of drug-likeness (QED) is 0.804. The summed E-state index contributed by atoms with van der Waals surface area (Å²) in [5, 5.41) is 0. The van der Waals surface area contributed by atoms with Gasteiger partial charge in [-0.05, 0) is 39.5 Å². The van der Waals surface area contributed by atoms with Gasteiger partial charge in [0.05, 0.1) is 18.1 Å². The molecule has 4 heteroatoms. The van der Waals surface area contributed by atoms with Crippen molar-refractivity contribution in [2.24, 2.45) is 11.8 Å². The Balaban J connectivity index is 2.15. The second kappa shape index (κ2) is 6.91. The fraction of sp³-hybridized carbons (Fsp3) is 0.882. The van der Waals surface area contributed by atoms with Gasteiger partial charge in [-0.15, -0.1) is 0 Å². The van der Waals surface area contributed by atoms with Gasteiger partial charge in [-0.1, -0.05) is 19.8 Å². The minimum Gasteiger partial charge on any atom is -0.374 e. The monoisotopic (exact) mass is 295 g/mol. The number of hydrogen-bond donors (Lipinski definition) is 0. The Kier molecular flexibility index (Phi) is 5.42. The molecule has 2 aliphatic rings. The largest absolute Gasteiger partial charge is 0.374 e. The molecule has 0 radical (unpaired) electrons. The van der Waals surface area contributed by atoms with E-state index in [1.807, 2.05) is 18.7 Å². The molecule has 0 N–H and O–H groups in total. The van der Waals surface area contributed by atoms with E-state index in [1.165, 1.54) is 0 Å². The van der Waals surface area contributed by atoms with Crippen LogP contribution in [-0.4, -0.2) is 41.4 Å². The molecule has 2 aliphatic heterocycles. The lowest BCUT2D eigenvalue weighted by Gasteiger charge is -2.33. The van der Waals surface area contributed by atoms with Gasteiger partial charge in [0.25, 0.3) is 0 Å². The second-order valence-corrected chi connectivity index (χ2v) is 6.87.